The third kappa shape index (κ3) is 4.47. The smallest absolute Gasteiger partial charge is 0.124 e. The molecule has 0 saturated carbocycles. The molecule has 0 N–H and O–H groups in total. The van der Waals surface area contributed by atoms with Gasteiger partial charge in [-0.05, 0) is 59.3 Å². The van der Waals surface area contributed by atoms with Gasteiger partial charge in [-0.3, -0.25) is 0 Å². The largest absolute Gasteiger partial charge is 0.207 e. The van der Waals surface area contributed by atoms with Crippen molar-refractivity contribution in [1.29, 1.82) is 0 Å². The predicted molar refractivity (Wildman–Crippen MR) is 90.6 cm³/mol. The summed E-state index contributed by atoms with van der Waals surface area (Å²) in [6, 6.07) is 11.9. The fourth-order valence-corrected chi connectivity index (χ4v) is 3.00. The van der Waals surface area contributed by atoms with Gasteiger partial charge in [-0.1, -0.05) is 51.7 Å². The molecular formula is C16H14BrClFN3. The zero-order valence-corrected chi connectivity index (χ0v) is 14.2. The highest BCUT2D eigenvalue weighted by molar-refractivity contribution is 9.10. The van der Waals surface area contributed by atoms with Gasteiger partial charge in [-0.15, -0.1) is 0 Å². The number of halogens is 3. The Hall–Kier alpha value is -1.55. The van der Waals surface area contributed by atoms with E-state index in [2.05, 4.69) is 26.0 Å². The number of rotatable bonds is 5. The van der Waals surface area contributed by atoms with Crippen LogP contribution in [0.25, 0.3) is 10.4 Å². The van der Waals surface area contributed by atoms with Crippen LogP contribution < -0.4 is 0 Å². The molecule has 114 valence electrons. The van der Waals surface area contributed by atoms with E-state index in [1.54, 1.807) is 0 Å². The Kier molecular flexibility index (Phi) is 5.83. The standard InChI is InChI=1S/C16H14BrClFN3/c1-10(21-22-20)16(6-11-2-4-14(18)5-3-11)12-7-13(17)9-15(19)8-12/h2-5,7-10,16H,6H2,1H3. The summed E-state index contributed by atoms with van der Waals surface area (Å²) in [5.41, 5.74) is 10.5. The lowest BCUT2D eigenvalue weighted by Crippen LogP contribution is -2.16. The van der Waals surface area contributed by atoms with Gasteiger partial charge in [0, 0.05) is 20.4 Å². The number of nitrogens with zero attached hydrogens (tertiary/aromatic N) is 3. The average molecular weight is 383 g/mol. The molecule has 0 saturated heterocycles. The van der Waals surface area contributed by atoms with Crippen LogP contribution in [0.5, 0.6) is 0 Å². The number of azide groups is 1. The second-order valence-corrected chi connectivity index (χ2v) is 6.44. The van der Waals surface area contributed by atoms with Crippen LogP contribution in [0.1, 0.15) is 24.0 Å². The van der Waals surface area contributed by atoms with Crippen molar-refractivity contribution in [3.63, 3.8) is 0 Å². The lowest BCUT2D eigenvalue weighted by molar-refractivity contribution is 0.554. The van der Waals surface area contributed by atoms with Gasteiger partial charge in [0.2, 0.25) is 0 Å². The molecule has 22 heavy (non-hydrogen) atoms. The highest BCUT2D eigenvalue weighted by Gasteiger charge is 2.20. The maximum atomic E-state index is 13.7. The molecule has 0 heterocycles. The van der Waals surface area contributed by atoms with Gasteiger partial charge in [0.25, 0.3) is 0 Å². The van der Waals surface area contributed by atoms with Crippen molar-refractivity contribution in [2.24, 2.45) is 5.11 Å². The van der Waals surface area contributed by atoms with Crippen LogP contribution in [0.2, 0.25) is 5.02 Å². The van der Waals surface area contributed by atoms with E-state index in [-0.39, 0.29) is 17.8 Å². The van der Waals surface area contributed by atoms with Crippen molar-refractivity contribution in [2.45, 2.75) is 25.3 Å². The summed E-state index contributed by atoms with van der Waals surface area (Å²) in [5, 5.41) is 4.45. The summed E-state index contributed by atoms with van der Waals surface area (Å²) in [5.74, 6) is -0.442. The molecular weight excluding hydrogens is 369 g/mol. The van der Waals surface area contributed by atoms with Gasteiger partial charge in [-0.25, -0.2) is 4.39 Å². The van der Waals surface area contributed by atoms with Crippen molar-refractivity contribution in [1.82, 2.24) is 0 Å². The first-order chi connectivity index (χ1) is 10.5. The maximum absolute atomic E-state index is 13.7. The first-order valence-electron chi connectivity index (χ1n) is 6.74. The quantitative estimate of drug-likeness (QED) is 0.332. The van der Waals surface area contributed by atoms with E-state index < -0.39 is 0 Å². The van der Waals surface area contributed by atoms with Gasteiger partial charge in [0.1, 0.15) is 5.82 Å². The normalized spacial score (nSPS) is 13.3. The van der Waals surface area contributed by atoms with E-state index in [0.29, 0.717) is 15.9 Å². The molecule has 2 rings (SSSR count). The zero-order chi connectivity index (χ0) is 16.1. The second-order valence-electron chi connectivity index (χ2n) is 5.09. The van der Waals surface area contributed by atoms with Crippen LogP contribution in [0.3, 0.4) is 0 Å². The number of hydrogen-bond donors (Lipinski definition) is 0. The van der Waals surface area contributed by atoms with Crippen molar-refractivity contribution < 1.29 is 4.39 Å². The molecule has 0 radical (unpaired) electrons. The third-order valence-corrected chi connectivity index (χ3v) is 4.21. The van der Waals surface area contributed by atoms with E-state index in [1.165, 1.54) is 12.1 Å². The Labute approximate surface area is 141 Å². The van der Waals surface area contributed by atoms with Crippen molar-refractivity contribution in [3.8, 4) is 0 Å². The molecule has 2 aromatic carbocycles. The summed E-state index contributed by atoms with van der Waals surface area (Å²) in [6.07, 6.45) is 0.632. The van der Waals surface area contributed by atoms with Crippen LogP contribution in [0, 0.1) is 5.82 Å². The summed E-state index contributed by atoms with van der Waals surface area (Å²) >= 11 is 9.20. The fraction of sp³-hybridized carbons (Fsp3) is 0.250. The Morgan fingerprint density at radius 1 is 1.27 bits per heavy atom. The maximum Gasteiger partial charge on any atom is 0.124 e. The SMILES string of the molecule is CC(N=[N+]=[N-])C(Cc1ccc(Cl)cc1)c1cc(F)cc(Br)c1. The minimum absolute atomic E-state index is 0.121. The molecule has 6 heteroatoms. The molecule has 0 aliphatic heterocycles. The van der Waals surface area contributed by atoms with Crippen molar-refractivity contribution in [2.75, 3.05) is 0 Å². The molecule has 2 atom stereocenters. The topological polar surface area (TPSA) is 48.8 Å². The molecule has 0 aliphatic rings. The van der Waals surface area contributed by atoms with Gasteiger partial charge in [0.05, 0.1) is 0 Å². The lowest BCUT2D eigenvalue weighted by Gasteiger charge is -2.21. The van der Waals surface area contributed by atoms with Crippen LogP contribution in [-0.2, 0) is 6.42 Å². The first-order valence-corrected chi connectivity index (χ1v) is 7.91. The van der Waals surface area contributed by atoms with E-state index in [9.17, 15) is 4.39 Å². The lowest BCUT2D eigenvalue weighted by atomic mass is 9.87. The van der Waals surface area contributed by atoms with Gasteiger partial charge in [-0.2, -0.15) is 0 Å². The molecule has 0 bridgehead atoms. The fourth-order valence-electron chi connectivity index (χ4n) is 2.39. The summed E-state index contributed by atoms with van der Waals surface area (Å²) in [7, 11) is 0. The molecule has 2 aromatic rings. The number of benzene rings is 2. The Balaban J connectivity index is 2.37. The zero-order valence-electron chi connectivity index (χ0n) is 11.9. The first kappa shape index (κ1) is 16.8. The van der Waals surface area contributed by atoms with Gasteiger partial charge in [0.15, 0.2) is 0 Å². The molecule has 0 aromatic heterocycles. The molecule has 0 amide bonds. The monoisotopic (exact) mass is 381 g/mol. The number of hydrogen-bond acceptors (Lipinski definition) is 1. The van der Waals surface area contributed by atoms with Gasteiger partial charge < -0.3 is 0 Å². The van der Waals surface area contributed by atoms with Crippen LogP contribution in [-0.4, -0.2) is 6.04 Å². The molecule has 0 fully saturated rings. The molecule has 3 nitrogen and oxygen atoms in total. The Morgan fingerprint density at radius 3 is 2.55 bits per heavy atom. The molecule has 0 aliphatic carbocycles. The van der Waals surface area contributed by atoms with Crippen LogP contribution in [0.15, 0.2) is 52.1 Å². The van der Waals surface area contributed by atoms with E-state index in [4.69, 9.17) is 17.1 Å². The van der Waals surface area contributed by atoms with Crippen molar-refractivity contribution in [3.05, 3.63) is 79.3 Å². The minimum Gasteiger partial charge on any atom is -0.207 e. The van der Waals surface area contributed by atoms with Crippen molar-refractivity contribution >= 4 is 27.5 Å². The van der Waals surface area contributed by atoms with Gasteiger partial charge >= 0.3 is 0 Å². The molecule has 0 spiro atoms. The Bertz CT molecular complexity index is 679. The Morgan fingerprint density at radius 2 is 1.95 bits per heavy atom. The minimum atomic E-state index is -0.321. The van der Waals surface area contributed by atoms with E-state index in [0.717, 1.165) is 11.1 Å². The van der Waals surface area contributed by atoms with Crippen LogP contribution >= 0.6 is 27.5 Å². The highest BCUT2D eigenvalue weighted by atomic mass is 79.9. The van der Waals surface area contributed by atoms with E-state index in [1.807, 2.05) is 37.3 Å². The summed E-state index contributed by atoms with van der Waals surface area (Å²) in [6.45, 7) is 1.83. The second kappa shape index (κ2) is 7.63. The highest BCUT2D eigenvalue weighted by Crippen LogP contribution is 2.30. The summed E-state index contributed by atoms with van der Waals surface area (Å²) in [4.78, 5) is 2.88. The predicted octanol–water partition coefficient (Wildman–Crippen LogP) is 6.27. The molecule has 2 unspecified atom stereocenters. The average Bonchev–Trinajstić information content (AvgIpc) is 2.45. The van der Waals surface area contributed by atoms with E-state index >= 15 is 0 Å². The third-order valence-electron chi connectivity index (χ3n) is 3.50. The summed E-state index contributed by atoms with van der Waals surface area (Å²) < 4.78 is 14.3. The van der Waals surface area contributed by atoms with Crippen LogP contribution in [0.4, 0.5) is 4.39 Å².